The second-order valence-corrected chi connectivity index (χ2v) is 8.07. The maximum absolute atomic E-state index is 12.8. The van der Waals surface area contributed by atoms with Gasteiger partial charge in [-0.05, 0) is 38.1 Å². The Morgan fingerprint density at radius 3 is 2.57 bits per heavy atom. The van der Waals surface area contributed by atoms with E-state index in [-0.39, 0.29) is 11.3 Å². The summed E-state index contributed by atoms with van der Waals surface area (Å²) in [6.45, 7) is 4.04. The van der Waals surface area contributed by atoms with Gasteiger partial charge >= 0.3 is 0 Å². The highest BCUT2D eigenvalue weighted by Crippen LogP contribution is 2.41. The van der Waals surface area contributed by atoms with Gasteiger partial charge in [0.25, 0.3) is 0 Å². The minimum absolute atomic E-state index is 0.132. The number of likely N-dealkylation sites (N-methyl/N-ethyl adjacent to an activating group) is 1. The highest BCUT2D eigenvalue weighted by molar-refractivity contribution is 5.89. The van der Waals surface area contributed by atoms with E-state index in [4.69, 9.17) is 0 Å². The van der Waals surface area contributed by atoms with Gasteiger partial charge in [0.1, 0.15) is 0 Å². The molecule has 2 heterocycles. The molecule has 0 unspecified atom stereocenters. The molecule has 3 aliphatic rings. The normalized spacial score (nSPS) is 29.7. The van der Waals surface area contributed by atoms with E-state index in [1.807, 2.05) is 0 Å². The van der Waals surface area contributed by atoms with Crippen LogP contribution in [0.25, 0.3) is 0 Å². The number of likely N-dealkylation sites (tertiary alicyclic amines) is 2. The van der Waals surface area contributed by atoms with E-state index in [1.165, 1.54) is 32.1 Å². The van der Waals surface area contributed by atoms with E-state index >= 15 is 0 Å². The molecule has 2 aliphatic heterocycles. The Labute approximate surface area is 140 Å². The molecule has 0 radical (unpaired) electrons. The van der Waals surface area contributed by atoms with Crippen molar-refractivity contribution in [2.24, 2.45) is 11.3 Å². The number of hydrogen-bond acceptors (Lipinski definition) is 3. The summed E-state index contributed by atoms with van der Waals surface area (Å²) in [5, 5.41) is 0. The Morgan fingerprint density at radius 1 is 1.17 bits per heavy atom. The molecule has 1 aliphatic carbocycles. The molecule has 5 nitrogen and oxygen atoms in total. The monoisotopic (exact) mass is 321 g/mol. The van der Waals surface area contributed by atoms with Gasteiger partial charge in [0.2, 0.25) is 11.8 Å². The largest absolute Gasteiger partial charge is 0.348 e. The Morgan fingerprint density at radius 2 is 1.91 bits per heavy atom. The number of carbonyl (C=O) groups excluding carboxylic acids is 2. The van der Waals surface area contributed by atoms with Crippen LogP contribution in [0, 0.1) is 11.3 Å². The number of amides is 2. The fraction of sp³-hybridized carbons (Fsp3) is 0.889. The lowest BCUT2D eigenvalue weighted by Gasteiger charge is -2.54. The van der Waals surface area contributed by atoms with Crippen LogP contribution in [-0.4, -0.2) is 73.3 Å². The lowest BCUT2D eigenvalue weighted by atomic mass is 9.71. The summed E-state index contributed by atoms with van der Waals surface area (Å²) in [4.78, 5) is 30.6. The number of rotatable bonds is 4. The number of nitrogens with zero attached hydrogens (tertiary/aromatic N) is 3. The molecular formula is C18H31N3O2. The molecule has 0 N–H and O–H groups in total. The van der Waals surface area contributed by atoms with Crippen molar-refractivity contribution in [3.8, 4) is 0 Å². The van der Waals surface area contributed by atoms with E-state index in [1.54, 1.807) is 19.0 Å². The maximum Gasteiger partial charge on any atom is 0.236 e. The summed E-state index contributed by atoms with van der Waals surface area (Å²) in [6, 6.07) is 0. The van der Waals surface area contributed by atoms with Crippen LogP contribution < -0.4 is 0 Å². The average Bonchev–Trinajstić information content (AvgIpc) is 2.55. The SMILES string of the molecule is CN(C)C(=O)CN1CCC[C@@]2(C1)CN(CC1CCCCC1)C2=O. The van der Waals surface area contributed by atoms with Gasteiger partial charge in [-0.25, -0.2) is 0 Å². The van der Waals surface area contributed by atoms with Gasteiger partial charge in [0.05, 0.1) is 12.0 Å². The summed E-state index contributed by atoms with van der Waals surface area (Å²) in [7, 11) is 3.59. The van der Waals surface area contributed by atoms with Gasteiger partial charge < -0.3 is 9.80 Å². The van der Waals surface area contributed by atoms with Crippen LogP contribution in [-0.2, 0) is 9.59 Å². The lowest BCUT2D eigenvalue weighted by molar-refractivity contribution is -0.168. The molecule has 0 aromatic carbocycles. The molecule has 0 aromatic heterocycles. The zero-order chi connectivity index (χ0) is 16.4. The minimum atomic E-state index is -0.181. The first kappa shape index (κ1) is 16.7. The van der Waals surface area contributed by atoms with Crippen LogP contribution >= 0.6 is 0 Å². The van der Waals surface area contributed by atoms with Crippen molar-refractivity contribution in [3.05, 3.63) is 0 Å². The molecule has 0 aromatic rings. The highest BCUT2D eigenvalue weighted by Gasteiger charge is 2.53. The molecule has 1 spiro atoms. The highest BCUT2D eigenvalue weighted by atomic mass is 16.2. The Kier molecular flexibility index (Phi) is 4.95. The number of β-lactam (4-membered cyclic amide) rings is 1. The van der Waals surface area contributed by atoms with Crippen molar-refractivity contribution >= 4 is 11.8 Å². The number of carbonyl (C=O) groups is 2. The quantitative estimate of drug-likeness (QED) is 0.739. The molecule has 5 heteroatoms. The van der Waals surface area contributed by atoms with Crippen molar-refractivity contribution in [1.82, 2.24) is 14.7 Å². The van der Waals surface area contributed by atoms with Gasteiger partial charge in [-0.15, -0.1) is 0 Å². The van der Waals surface area contributed by atoms with Crippen molar-refractivity contribution in [2.75, 3.05) is 46.8 Å². The summed E-state index contributed by atoms with van der Waals surface area (Å²) in [6.07, 6.45) is 8.64. The molecule has 1 saturated carbocycles. The van der Waals surface area contributed by atoms with Gasteiger partial charge in [0, 0.05) is 33.7 Å². The summed E-state index contributed by atoms with van der Waals surface area (Å²) < 4.78 is 0. The second-order valence-electron chi connectivity index (χ2n) is 8.07. The third-order valence-electron chi connectivity index (χ3n) is 5.95. The third-order valence-corrected chi connectivity index (χ3v) is 5.95. The van der Waals surface area contributed by atoms with Gasteiger partial charge in [0.15, 0.2) is 0 Å². The van der Waals surface area contributed by atoms with Crippen molar-refractivity contribution < 1.29 is 9.59 Å². The standard InChI is InChI=1S/C18H31N3O2/c1-19(2)16(22)12-20-10-6-9-18(13-20)14-21(17(18)23)11-15-7-4-3-5-8-15/h15H,3-14H2,1-2H3/t18-/m1/s1. The van der Waals surface area contributed by atoms with E-state index in [9.17, 15) is 9.59 Å². The third kappa shape index (κ3) is 3.54. The number of hydrogen-bond donors (Lipinski definition) is 0. The maximum atomic E-state index is 12.8. The van der Waals surface area contributed by atoms with Crippen LogP contribution in [0.1, 0.15) is 44.9 Å². The average molecular weight is 321 g/mol. The Hall–Kier alpha value is -1.10. The predicted molar refractivity (Wildman–Crippen MR) is 90.0 cm³/mol. The molecule has 2 saturated heterocycles. The van der Waals surface area contributed by atoms with Crippen LogP contribution in [0.15, 0.2) is 0 Å². The van der Waals surface area contributed by atoms with Gasteiger partial charge in [-0.2, -0.15) is 0 Å². The molecule has 2 amide bonds. The minimum Gasteiger partial charge on any atom is -0.348 e. The van der Waals surface area contributed by atoms with E-state index < -0.39 is 0 Å². The zero-order valence-electron chi connectivity index (χ0n) is 14.7. The van der Waals surface area contributed by atoms with Crippen molar-refractivity contribution in [2.45, 2.75) is 44.9 Å². The summed E-state index contributed by atoms with van der Waals surface area (Å²) in [5.74, 6) is 1.21. The van der Waals surface area contributed by atoms with Gasteiger partial charge in [-0.3, -0.25) is 14.5 Å². The molecular weight excluding hydrogens is 290 g/mol. The molecule has 23 heavy (non-hydrogen) atoms. The smallest absolute Gasteiger partial charge is 0.236 e. The molecule has 3 fully saturated rings. The van der Waals surface area contributed by atoms with E-state index in [2.05, 4.69) is 9.80 Å². The molecule has 0 bridgehead atoms. The predicted octanol–water partition coefficient (Wildman–Crippen LogP) is 1.58. The van der Waals surface area contributed by atoms with Crippen LogP contribution in [0.2, 0.25) is 0 Å². The zero-order valence-corrected chi connectivity index (χ0v) is 14.7. The first-order valence-corrected chi connectivity index (χ1v) is 9.22. The van der Waals surface area contributed by atoms with E-state index in [0.717, 1.165) is 44.9 Å². The lowest BCUT2D eigenvalue weighted by Crippen LogP contribution is -2.67. The first-order chi connectivity index (χ1) is 11.0. The van der Waals surface area contributed by atoms with Crippen LogP contribution in [0.3, 0.4) is 0 Å². The first-order valence-electron chi connectivity index (χ1n) is 9.22. The fourth-order valence-corrected chi connectivity index (χ4v) is 4.58. The summed E-state index contributed by atoms with van der Waals surface area (Å²) in [5.41, 5.74) is -0.181. The van der Waals surface area contributed by atoms with Crippen LogP contribution in [0.4, 0.5) is 0 Å². The number of piperidine rings is 1. The Bertz CT molecular complexity index is 459. The van der Waals surface area contributed by atoms with Crippen molar-refractivity contribution in [3.63, 3.8) is 0 Å². The fourth-order valence-electron chi connectivity index (χ4n) is 4.58. The molecule has 3 rings (SSSR count). The van der Waals surface area contributed by atoms with Gasteiger partial charge in [-0.1, -0.05) is 19.3 Å². The van der Waals surface area contributed by atoms with E-state index in [0.29, 0.717) is 12.5 Å². The second kappa shape index (κ2) is 6.80. The van der Waals surface area contributed by atoms with Crippen molar-refractivity contribution in [1.29, 1.82) is 0 Å². The summed E-state index contributed by atoms with van der Waals surface area (Å²) >= 11 is 0. The van der Waals surface area contributed by atoms with Crippen LogP contribution in [0.5, 0.6) is 0 Å². The molecule has 130 valence electrons. The molecule has 1 atom stereocenters. The Balaban J connectivity index is 1.52. The topological polar surface area (TPSA) is 43.9 Å².